The van der Waals surface area contributed by atoms with Crippen LogP contribution in [-0.2, 0) is 0 Å². The van der Waals surface area contributed by atoms with Crippen LogP contribution in [0.2, 0.25) is 0 Å². The van der Waals surface area contributed by atoms with Crippen LogP contribution >= 0.6 is 0 Å². The van der Waals surface area contributed by atoms with Crippen molar-refractivity contribution in [3.8, 4) is 11.4 Å². The molecule has 0 amide bonds. The molecule has 2 aromatic rings. The molecule has 4 aliphatic carbocycles. The van der Waals surface area contributed by atoms with Crippen LogP contribution in [-0.4, -0.2) is 21.7 Å². The third-order valence-corrected chi connectivity index (χ3v) is 6.39. The zero-order valence-electron chi connectivity index (χ0n) is 13.8. The van der Waals surface area contributed by atoms with Gasteiger partial charge in [-0.25, -0.2) is 0 Å². The molecule has 0 aromatic carbocycles. The summed E-state index contributed by atoms with van der Waals surface area (Å²) in [5.74, 6) is 2.87. The smallest absolute Gasteiger partial charge is 0.0654 e. The summed E-state index contributed by atoms with van der Waals surface area (Å²) in [4.78, 5) is 12.0. The Morgan fingerprint density at radius 1 is 1.13 bits per heavy atom. The highest BCUT2D eigenvalue weighted by molar-refractivity contribution is 5.80. The second-order valence-corrected chi connectivity index (χ2v) is 8.27. The second kappa shape index (κ2) is 4.86. The van der Waals surface area contributed by atoms with E-state index in [1.165, 1.54) is 49.8 Å². The minimum atomic E-state index is 0.264. The van der Waals surface area contributed by atoms with Crippen LogP contribution < -0.4 is 0 Å². The molecule has 0 spiro atoms. The predicted molar refractivity (Wildman–Crippen MR) is 93.8 cm³/mol. The van der Waals surface area contributed by atoms with Gasteiger partial charge in [0, 0.05) is 12.4 Å². The second-order valence-electron chi connectivity index (χ2n) is 8.27. The van der Waals surface area contributed by atoms with E-state index in [2.05, 4.69) is 35.2 Å². The number of hydrogen-bond donors (Lipinski definition) is 2. The van der Waals surface area contributed by atoms with E-state index in [1.54, 1.807) is 0 Å². The van der Waals surface area contributed by atoms with E-state index in [9.17, 15) is 0 Å². The summed E-state index contributed by atoms with van der Waals surface area (Å²) in [6.45, 7) is 2.16. The number of rotatable bonds is 3. The number of nitrogens with zero attached hydrogens (tertiary/aromatic N) is 1. The van der Waals surface area contributed by atoms with E-state index in [0.717, 1.165) is 29.1 Å². The van der Waals surface area contributed by atoms with E-state index < -0.39 is 0 Å². The predicted octanol–water partition coefficient (Wildman–Crippen LogP) is 4.71. The molecule has 2 N–H and O–H groups in total. The lowest BCUT2D eigenvalue weighted by Crippen LogP contribution is -2.49. The van der Waals surface area contributed by atoms with Crippen LogP contribution in [0.25, 0.3) is 11.4 Å². The SMILES string of the molecule is Cc1cc(C=NC23CC4CC(CC(C4)C2)C3)[nH]c1-c1ccc[nH]1. The van der Waals surface area contributed by atoms with Crippen molar-refractivity contribution in [2.45, 2.75) is 51.0 Å². The molecule has 2 aromatic heterocycles. The maximum atomic E-state index is 5.16. The van der Waals surface area contributed by atoms with E-state index in [4.69, 9.17) is 4.99 Å². The summed E-state index contributed by atoms with van der Waals surface area (Å²) >= 11 is 0. The summed E-state index contributed by atoms with van der Waals surface area (Å²) in [7, 11) is 0. The van der Waals surface area contributed by atoms with E-state index in [0.29, 0.717) is 0 Å². The molecule has 0 saturated heterocycles. The first-order chi connectivity index (χ1) is 11.2. The van der Waals surface area contributed by atoms with Gasteiger partial charge in [0.15, 0.2) is 0 Å². The highest BCUT2D eigenvalue weighted by Crippen LogP contribution is 2.57. The van der Waals surface area contributed by atoms with Gasteiger partial charge in [-0.2, -0.15) is 0 Å². The van der Waals surface area contributed by atoms with E-state index in [1.807, 2.05) is 12.3 Å². The standard InChI is InChI=1S/C20H25N3/c1-13-5-17(23-19(13)18-3-2-4-21-18)12-22-20-9-14-6-15(10-20)8-16(7-14)11-20/h2-5,12,14-16,21,23H,6-11H2,1H3. The lowest BCUT2D eigenvalue weighted by Gasteiger charge is -2.54. The highest BCUT2D eigenvalue weighted by Gasteiger charge is 2.50. The molecule has 4 saturated carbocycles. The summed E-state index contributed by atoms with van der Waals surface area (Å²) in [5.41, 5.74) is 5.02. The molecule has 4 aliphatic rings. The van der Waals surface area contributed by atoms with Gasteiger partial charge < -0.3 is 9.97 Å². The number of H-pyrrole nitrogens is 2. The molecule has 6 rings (SSSR count). The number of aryl methyl sites for hydroxylation is 1. The Balaban J connectivity index is 1.42. The first kappa shape index (κ1) is 13.6. The van der Waals surface area contributed by atoms with Gasteiger partial charge in [0.05, 0.1) is 22.6 Å². The molecular weight excluding hydrogens is 282 g/mol. The summed E-state index contributed by atoms with van der Waals surface area (Å²) in [6, 6.07) is 6.37. The molecule has 23 heavy (non-hydrogen) atoms. The third-order valence-electron chi connectivity index (χ3n) is 6.39. The van der Waals surface area contributed by atoms with Gasteiger partial charge in [-0.05, 0) is 87.0 Å². The number of aliphatic imine (C=N–C) groups is 1. The Morgan fingerprint density at radius 2 is 1.83 bits per heavy atom. The maximum Gasteiger partial charge on any atom is 0.0654 e. The van der Waals surface area contributed by atoms with Gasteiger partial charge in [-0.3, -0.25) is 4.99 Å². The number of hydrogen-bond acceptors (Lipinski definition) is 1. The molecule has 0 unspecified atom stereocenters. The summed E-state index contributed by atoms with van der Waals surface area (Å²) in [6.07, 6.45) is 12.5. The van der Waals surface area contributed by atoms with Crippen LogP contribution in [0.5, 0.6) is 0 Å². The van der Waals surface area contributed by atoms with Crippen molar-refractivity contribution in [3.05, 3.63) is 35.7 Å². The van der Waals surface area contributed by atoms with Crippen LogP contribution in [0.3, 0.4) is 0 Å². The molecular formula is C20H25N3. The van der Waals surface area contributed by atoms with Crippen molar-refractivity contribution in [1.82, 2.24) is 9.97 Å². The molecule has 0 atom stereocenters. The molecule has 2 heterocycles. The first-order valence-corrected chi connectivity index (χ1v) is 9.08. The van der Waals surface area contributed by atoms with Crippen molar-refractivity contribution in [2.75, 3.05) is 0 Å². The van der Waals surface area contributed by atoms with E-state index >= 15 is 0 Å². The lowest BCUT2D eigenvalue weighted by atomic mass is 9.53. The fraction of sp³-hybridized carbons (Fsp3) is 0.550. The normalized spacial score (nSPS) is 35.4. The highest BCUT2D eigenvalue weighted by atomic mass is 14.9. The van der Waals surface area contributed by atoms with Gasteiger partial charge in [-0.15, -0.1) is 0 Å². The number of aromatic amines is 2. The quantitative estimate of drug-likeness (QED) is 0.772. The van der Waals surface area contributed by atoms with Crippen molar-refractivity contribution in [2.24, 2.45) is 22.7 Å². The average molecular weight is 307 g/mol. The van der Waals surface area contributed by atoms with E-state index in [-0.39, 0.29) is 5.54 Å². The zero-order chi connectivity index (χ0) is 15.4. The average Bonchev–Trinajstić information content (AvgIpc) is 3.13. The van der Waals surface area contributed by atoms with Crippen molar-refractivity contribution < 1.29 is 0 Å². The van der Waals surface area contributed by atoms with Crippen LogP contribution in [0.4, 0.5) is 0 Å². The Kier molecular flexibility index (Phi) is 2.88. The van der Waals surface area contributed by atoms with Gasteiger partial charge in [-0.1, -0.05) is 0 Å². The lowest BCUT2D eigenvalue weighted by molar-refractivity contribution is 0.00194. The topological polar surface area (TPSA) is 43.9 Å². The summed E-state index contributed by atoms with van der Waals surface area (Å²) in [5, 5.41) is 0. The molecule has 0 radical (unpaired) electrons. The maximum absolute atomic E-state index is 5.16. The first-order valence-electron chi connectivity index (χ1n) is 9.08. The van der Waals surface area contributed by atoms with Gasteiger partial charge in [0.2, 0.25) is 0 Å². The minimum absolute atomic E-state index is 0.264. The molecule has 0 aliphatic heterocycles. The van der Waals surface area contributed by atoms with Crippen molar-refractivity contribution in [3.63, 3.8) is 0 Å². The summed E-state index contributed by atoms with van der Waals surface area (Å²) < 4.78 is 0. The Labute approximate surface area is 137 Å². The molecule has 3 nitrogen and oxygen atoms in total. The monoisotopic (exact) mass is 307 g/mol. The Morgan fingerprint density at radius 3 is 2.43 bits per heavy atom. The molecule has 4 fully saturated rings. The van der Waals surface area contributed by atoms with Gasteiger partial charge in [0.25, 0.3) is 0 Å². The largest absolute Gasteiger partial charge is 0.360 e. The van der Waals surface area contributed by atoms with Gasteiger partial charge in [0.1, 0.15) is 0 Å². The minimum Gasteiger partial charge on any atom is -0.360 e. The van der Waals surface area contributed by atoms with Crippen LogP contribution in [0.15, 0.2) is 29.4 Å². The third kappa shape index (κ3) is 2.29. The fourth-order valence-electron chi connectivity index (χ4n) is 5.85. The van der Waals surface area contributed by atoms with Crippen molar-refractivity contribution >= 4 is 6.21 Å². The Hall–Kier alpha value is -1.77. The Bertz CT molecular complexity index is 700. The fourth-order valence-corrected chi connectivity index (χ4v) is 5.85. The number of aromatic nitrogens is 2. The van der Waals surface area contributed by atoms with Gasteiger partial charge >= 0.3 is 0 Å². The van der Waals surface area contributed by atoms with Crippen LogP contribution in [0, 0.1) is 24.7 Å². The molecule has 3 heteroatoms. The molecule has 120 valence electrons. The zero-order valence-corrected chi connectivity index (χ0v) is 13.8. The number of nitrogens with one attached hydrogen (secondary N) is 2. The van der Waals surface area contributed by atoms with Crippen LogP contribution in [0.1, 0.15) is 49.8 Å². The van der Waals surface area contributed by atoms with Crippen molar-refractivity contribution in [1.29, 1.82) is 0 Å². The molecule has 4 bridgehead atoms.